The second-order valence-corrected chi connectivity index (χ2v) is 10.1. The number of phenolic OH excluding ortho intramolecular Hbond substituents is 1. The van der Waals surface area contributed by atoms with Gasteiger partial charge in [0.05, 0.1) is 11.6 Å². The third-order valence-electron chi connectivity index (χ3n) is 7.04. The average molecular weight is 552 g/mol. The molecule has 9 nitrogen and oxygen atoms in total. The quantitative estimate of drug-likeness (QED) is 0.132. The number of carbonyl (C=O) groups is 2. The third kappa shape index (κ3) is 6.64. The molecule has 5 N–H and O–H groups in total. The van der Waals surface area contributed by atoms with Crippen molar-refractivity contribution >= 4 is 34.5 Å². The number of aromatic hydroxyl groups is 1. The maximum Gasteiger partial charge on any atom is 0.244 e. The number of carbonyl (C=O) groups excluding carboxylic acids is 2. The number of phenols is 1. The Hall–Kier alpha value is -4.89. The molecule has 1 fully saturated rings. The third-order valence-corrected chi connectivity index (χ3v) is 7.04. The molecular weight excluding hydrogens is 518 g/mol. The van der Waals surface area contributed by atoms with Gasteiger partial charge < -0.3 is 30.8 Å². The number of amides is 1. The molecule has 1 saturated heterocycles. The summed E-state index contributed by atoms with van der Waals surface area (Å²) >= 11 is 0. The topological polar surface area (TPSA) is 134 Å². The summed E-state index contributed by atoms with van der Waals surface area (Å²) < 4.78 is 5.89. The Labute approximate surface area is 238 Å². The highest BCUT2D eigenvalue weighted by atomic mass is 16.5. The fourth-order valence-electron chi connectivity index (χ4n) is 4.85. The van der Waals surface area contributed by atoms with Gasteiger partial charge in [-0.1, -0.05) is 24.3 Å². The predicted molar refractivity (Wildman–Crippen MR) is 160 cm³/mol. The lowest BCUT2D eigenvalue weighted by molar-refractivity contribution is -0.117. The van der Waals surface area contributed by atoms with E-state index in [1.165, 1.54) is 6.08 Å². The summed E-state index contributed by atoms with van der Waals surface area (Å²) in [6.07, 6.45) is 8.65. The SMILES string of the molecule is C=C1CCCN(c2ccc(O)c(C(=O)c3cccc(OC[C@@H](CN)NC(=O)/C=C/c4c[nH]c5ncccc45)c3)c2)C1. The van der Waals surface area contributed by atoms with Crippen LogP contribution in [0, 0.1) is 0 Å². The number of nitrogens with two attached hydrogens (primary N) is 1. The molecule has 9 heteroatoms. The first-order valence-electron chi connectivity index (χ1n) is 13.5. The number of H-pyrrole nitrogens is 1. The van der Waals surface area contributed by atoms with Crippen LogP contribution < -0.4 is 20.7 Å². The number of ether oxygens (including phenoxy) is 1. The summed E-state index contributed by atoms with van der Waals surface area (Å²) in [4.78, 5) is 35.4. The second kappa shape index (κ2) is 12.5. The van der Waals surface area contributed by atoms with Gasteiger partial charge in [-0.05, 0) is 61.4 Å². The van der Waals surface area contributed by atoms with E-state index in [1.54, 1.807) is 54.9 Å². The molecule has 3 heterocycles. The number of benzene rings is 2. The number of aromatic amines is 1. The summed E-state index contributed by atoms with van der Waals surface area (Å²) in [6, 6.07) is 15.2. The van der Waals surface area contributed by atoms with E-state index in [0.717, 1.165) is 53.8 Å². The lowest BCUT2D eigenvalue weighted by atomic mass is 10.00. The number of hydrogen-bond donors (Lipinski definition) is 4. The number of rotatable bonds is 10. The fraction of sp³-hybridized carbons (Fsp3) is 0.219. The summed E-state index contributed by atoms with van der Waals surface area (Å²) in [5.74, 6) is -0.247. The summed E-state index contributed by atoms with van der Waals surface area (Å²) in [7, 11) is 0. The zero-order valence-corrected chi connectivity index (χ0v) is 22.7. The smallest absolute Gasteiger partial charge is 0.244 e. The Morgan fingerprint density at radius 3 is 2.93 bits per heavy atom. The van der Waals surface area contributed by atoms with Crippen molar-refractivity contribution in [3.8, 4) is 11.5 Å². The normalized spacial score (nSPS) is 14.4. The van der Waals surface area contributed by atoms with Crippen LogP contribution in [0.2, 0.25) is 0 Å². The molecule has 0 saturated carbocycles. The highest BCUT2D eigenvalue weighted by molar-refractivity contribution is 6.11. The number of fused-ring (bicyclic) bond motifs is 1. The van der Waals surface area contributed by atoms with E-state index in [1.807, 2.05) is 18.2 Å². The van der Waals surface area contributed by atoms with Crippen LogP contribution in [-0.4, -0.2) is 59.0 Å². The van der Waals surface area contributed by atoms with Gasteiger partial charge in [-0.15, -0.1) is 0 Å². The molecule has 0 spiro atoms. The first-order valence-corrected chi connectivity index (χ1v) is 13.5. The molecule has 1 aliphatic rings. The zero-order valence-electron chi connectivity index (χ0n) is 22.7. The first-order chi connectivity index (χ1) is 19.9. The van der Waals surface area contributed by atoms with Crippen molar-refractivity contribution in [2.45, 2.75) is 18.9 Å². The van der Waals surface area contributed by atoms with Gasteiger partial charge >= 0.3 is 0 Å². The van der Waals surface area contributed by atoms with E-state index in [9.17, 15) is 14.7 Å². The second-order valence-electron chi connectivity index (χ2n) is 10.1. The number of aromatic nitrogens is 2. The van der Waals surface area contributed by atoms with Gasteiger partial charge in [0.1, 0.15) is 23.8 Å². The highest BCUT2D eigenvalue weighted by Gasteiger charge is 2.19. The van der Waals surface area contributed by atoms with Crippen molar-refractivity contribution in [3.05, 3.63) is 102 Å². The van der Waals surface area contributed by atoms with Gasteiger partial charge in [-0.3, -0.25) is 9.59 Å². The molecule has 4 aromatic rings. The molecule has 5 rings (SSSR count). The average Bonchev–Trinajstić information content (AvgIpc) is 3.41. The van der Waals surface area contributed by atoms with E-state index in [4.69, 9.17) is 10.5 Å². The van der Waals surface area contributed by atoms with Gasteiger partial charge in [0.25, 0.3) is 0 Å². The minimum absolute atomic E-state index is 0.0798. The molecule has 41 heavy (non-hydrogen) atoms. The fourth-order valence-corrected chi connectivity index (χ4v) is 4.85. The Balaban J connectivity index is 1.21. The Bertz CT molecular complexity index is 1610. The van der Waals surface area contributed by atoms with Crippen LogP contribution in [0.25, 0.3) is 17.1 Å². The maximum absolute atomic E-state index is 13.4. The monoisotopic (exact) mass is 551 g/mol. The molecule has 0 aliphatic carbocycles. The highest BCUT2D eigenvalue weighted by Crippen LogP contribution is 2.29. The van der Waals surface area contributed by atoms with Gasteiger partial charge in [-0.2, -0.15) is 0 Å². The van der Waals surface area contributed by atoms with Crippen LogP contribution in [0.4, 0.5) is 5.69 Å². The molecule has 2 aromatic heterocycles. The summed E-state index contributed by atoms with van der Waals surface area (Å²) in [5, 5.41) is 14.2. The van der Waals surface area contributed by atoms with Gasteiger partial charge in [0.2, 0.25) is 5.91 Å². The van der Waals surface area contributed by atoms with Crippen LogP contribution in [0.5, 0.6) is 11.5 Å². The van der Waals surface area contributed by atoms with E-state index >= 15 is 0 Å². The van der Waals surface area contributed by atoms with Crippen molar-refractivity contribution in [2.75, 3.05) is 31.1 Å². The van der Waals surface area contributed by atoms with E-state index in [0.29, 0.717) is 11.3 Å². The van der Waals surface area contributed by atoms with Gasteiger partial charge in [0.15, 0.2) is 5.78 Å². The molecule has 1 aliphatic heterocycles. The number of piperidine rings is 1. The lowest BCUT2D eigenvalue weighted by Gasteiger charge is -2.30. The largest absolute Gasteiger partial charge is 0.507 e. The van der Waals surface area contributed by atoms with Crippen LogP contribution >= 0.6 is 0 Å². The molecule has 1 atom stereocenters. The zero-order chi connectivity index (χ0) is 28.8. The minimum Gasteiger partial charge on any atom is -0.507 e. The molecule has 0 bridgehead atoms. The van der Waals surface area contributed by atoms with Crippen molar-refractivity contribution in [3.63, 3.8) is 0 Å². The number of anilines is 1. The van der Waals surface area contributed by atoms with Crippen molar-refractivity contribution in [1.29, 1.82) is 0 Å². The van der Waals surface area contributed by atoms with E-state index in [2.05, 4.69) is 26.8 Å². The number of hydrogen-bond acceptors (Lipinski definition) is 7. The molecule has 0 unspecified atom stereocenters. The van der Waals surface area contributed by atoms with Crippen molar-refractivity contribution in [2.24, 2.45) is 5.73 Å². The first kappa shape index (κ1) is 27.7. The predicted octanol–water partition coefficient (Wildman–Crippen LogP) is 4.19. The van der Waals surface area contributed by atoms with Crippen molar-refractivity contribution < 1.29 is 19.4 Å². The number of ketones is 1. The van der Waals surface area contributed by atoms with Gasteiger partial charge in [0, 0.05) is 60.3 Å². The Morgan fingerprint density at radius 2 is 2.10 bits per heavy atom. The molecule has 2 aromatic carbocycles. The number of nitrogens with one attached hydrogen (secondary N) is 2. The molecule has 0 radical (unpaired) electrons. The van der Waals surface area contributed by atoms with E-state index < -0.39 is 6.04 Å². The standard InChI is InChI=1S/C32H33N5O4/c1-21-5-4-14-37(19-21)25-10-11-29(38)28(16-25)31(40)22-6-2-7-26(15-22)41-20-24(17-33)36-30(39)12-9-23-18-35-32-27(23)8-3-13-34-32/h2-3,6-13,15-16,18,24,38H,1,4-5,14,17,19-20,33H2,(H,34,35)(H,36,39)/b12-9+/t24-/m1/s1. The molecule has 210 valence electrons. The van der Waals surface area contributed by atoms with Crippen LogP contribution in [0.3, 0.4) is 0 Å². The van der Waals surface area contributed by atoms with Gasteiger partial charge in [-0.25, -0.2) is 4.98 Å². The lowest BCUT2D eigenvalue weighted by Crippen LogP contribution is -2.43. The summed E-state index contributed by atoms with van der Waals surface area (Å²) in [6.45, 7) is 5.98. The molecule has 1 amide bonds. The summed E-state index contributed by atoms with van der Waals surface area (Å²) in [5.41, 5.74) is 10.1. The van der Waals surface area contributed by atoms with Crippen molar-refractivity contribution in [1.82, 2.24) is 15.3 Å². The molecular formula is C32H33N5O4. The number of nitrogens with zero attached hydrogens (tertiary/aromatic N) is 2. The maximum atomic E-state index is 13.4. The van der Waals surface area contributed by atoms with Crippen LogP contribution in [-0.2, 0) is 4.79 Å². The van der Waals surface area contributed by atoms with Crippen LogP contribution in [0.1, 0.15) is 34.3 Å². The minimum atomic E-state index is -0.448. The number of pyridine rings is 1. The Morgan fingerprint density at radius 1 is 1.22 bits per heavy atom. The Kier molecular flexibility index (Phi) is 8.45. The van der Waals surface area contributed by atoms with Crippen LogP contribution in [0.15, 0.2) is 85.2 Å². The van der Waals surface area contributed by atoms with E-state index in [-0.39, 0.29) is 36.2 Å².